The van der Waals surface area contributed by atoms with Crippen molar-refractivity contribution in [1.29, 1.82) is 0 Å². The quantitative estimate of drug-likeness (QED) is 0.582. The van der Waals surface area contributed by atoms with Gasteiger partial charge in [0.2, 0.25) is 5.91 Å². The second-order valence-electron chi connectivity index (χ2n) is 7.37. The van der Waals surface area contributed by atoms with Crippen LogP contribution in [0.5, 0.6) is 11.5 Å². The smallest absolute Gasteiger partial charge is 0.339 e. The second-order valence-corrected chi connectivity index (χ2v) is 7.77. The van der Waals surface area contributed by atoms with Crippen LogP contribution in [-0.4, -0.2) is 29.2 Å². The molecule has 1 heterocycles. The number of nitrogens with zero attached hydrogens (tertiary/aromatic N) is 1. The first kappa shape index (κ1) is 20.8. The van der Waals surface area contributed by atoms with Gasteiger partial charge in [0.1, 0.15) is 17.1 Å². The van der Waals surface area contributed by atoms with Gasteiger partial charge < -0.3 is 14.9 Å². The first-order valence-electron chi connectivity index (χ1n) is 9.64. The zero-order valence-corrected chi connectivity index (χ0v) is 17.7. The van der Waals surface area contributed by atoms with Crippen molar-refractivity contribution in [1.82, 2.24) is 0 Å². The first-order valence-corrected chi connectivity index (χ1v) is 10.0. The van der Waals surface area contributed by atoms with Crippen LogP contribution >= 0.6 is 11.6 Å². The zero-order chi connectivity index (χ0) is 22.3. The van der Waals surface area contributed by atoms with Gasteiger partial charge in [-0.1, -0.05) is 29.8 Å². The maximum atomic E-state index is 13.6. The van der Waals surface area contributed by atoms with E-state index in [1.165, 1.54) is 23.1 Å². The summed E-state index contributed by atoms with van der Waals surface area (Å²) >= 11 is 6.43. The molecule has 3 aromatic rings. The lowest BCUT2D eigenvalue weighted by atomic mass is 9.90. The maximum absolute atomic E-state index is 13.6. The molecule has 158 valence electrons. The highest BCUT2D eigenvalue weighted by atomic mass is 35.5. The monoisotopic (exact) mass is 437 g/mol. The Morgan fingerprint density at radius 1 is 1.16 bits per heavy atom. The minimum absolute atomic E-state index is 0.186. The number of phenols is 1. The average molecular weight is 438 g/mol. The van der Waals surface area contributed by atoms with Gasteiger partial charge in [0.05, 0.1) is 24.4 Å². The number of methoxy groups -OCH3 is 1. The Balaban J connectivity index is 1.82. The molecule has 1 aliphatic heterocycles. The molecule has 31 heavy (non-hydrogen) atoms. The highest BCUT2D eigenvalue weighted by Gasteiger charge is 2.40. The third-order valence-corrected chi connectivity index (χ3v) is 5.94. The van der Waals surface area contributed by atoms with E-state index >= 15 is 0 Å². The van der Waals surface area contributed by atoms with Crippen molar-refractivity contribution in [2.24, 2.45) is 0 Å². The normalized spacial score (nSPS) is 15.1. The molecule has 3 aromatic carbocycles. The van der Waals surface area contributed by atoms with Crippen molar-refractivity contribution in [3.8, 4) is 11.5 Å². The van der Waals surface area contributed by atoms with E-state index < -0.39 is 17.6 Å². The minimum Gasteiger partial charge on any atom is -0.507 e. The fourth-order valence-corrected chi connectivity index (χ4v) is 4.38. The fourth-order valence-electron chi connectivity index (χ4n) is 4.14. The van der Waals surface area contributed by atoms with Crippen LogP contribution in [0.15, 0.2) is 54.6 Å². The minimum atomic E-state index is -1.24. The number of anilines is 2. The van der Waals surface area contributed by atoms with Crippen LogP contribution in [0.25, 0.3) is 0 Å². The van der Waals surface area contributed by atoms with E-state index in [0.717, 1.165) is 16.7 Å². The Bertz CT molecular complexity index is 1210. The van der Waals surface area contributed by atoms with Crippen LogP contribution in [0, 0.1) is 6.92 Å². The highest BCUT2D eigenvalue weighted by Crippen LogP contribution is 2.46. The Kier molecular flexibility index (Phi) is 5.33. The third-order valence-electron chi connectivity index (χ3n) is 5.58. The molecular formula is C24H20ClNO5. The number of amides is 1. The van der Waals surface area contributed by atoms with Gasteiger partial charge in [-0.2, -0.15) is 0 Å². The number of aryl methyl sites for hydroxylation is 1. The fraction of sp³-hybridized carbons (Fsp3) is 0.167. The molecule has 6 nitrogen and oxygen atoms in total. The van der Waals surface area contributed by atoms with Gasteiger partial charge >= 0.3 is 5.97 Å². The lowest BCUT2D eigenvalue weighted by molar-refractivity contribution is -0.118. The second kappa shape index (κ2) is 7.96. The van der Waals surface area contributed by atoms with Crippen LogP contribution in [0.3, 0.4) is 0 Å². The molecule has 0 radical (unpaired) electrons. The molecule has 1 amide bonds. The lowest BCUT2D eigenvalue weighted by Crippen LogP contribution is -2.25. The topological polar surface area (TPSA) is 87.1 Å². The van der Waals surface area contributed by atoms with Gasteiger partial charge in [-0.05, 0) is 54.8 Å². The summed E-state index contributed by atoms with van der Waals surface area (Å²) in [5.74, 6) is -1.72. The number of hydrogen-bond donors (Lipinski definition) is 2. The SMILES string of the molecule is COc1cccc(Cl)c1CC1C(=O)N(c2ccc(C(=O)O)c(O)c2)c2cccc(C)c21. The van der Waals surface area contributed by atoms with Gasteiger partial charge in [-0.25, -0.2) is 4.79 Å². The van der Waals surface area contributed by atoms with Gasteiger partial charge in [0.15, 0.2) is 0 Å². The molecule has 1 atom stereocenters. The molecule has 0 saturated carbocycles. The summed E-state index contributed by atoms with van der Waals surface area (Å²) in [5, 5.41) is 19.9. The lowest BCUT2D eigenvalue weighted by Gasteiger charge is -2.19. The molecule has 0 aliphatic carbocycles. The number of ether oxygens (including phenoxy) is 1. The number of carboxylic acid groups (broad SMARTS) is 1. The van der Waals surface area contributed by atoms with Crippen molar-refractivity contribution >= 4 is 34.9 Å². The molecule has 1 unspecified atom stereocenters. The van der Waals surface area contributed by atoms with Crippen molar-refractivity contribution in [3.05, 3.63) is 81.9 Å². The van der Waals surface area contributed by atoms with Gasteiger partial charge in [0.25, 0.3) is 0 Å². The Morgan fingerprint density at radius 3 is 2.58 bits per heavy atom. The van der Waals surface area contributed by atoms with Crippen LogP contribution in [0.1, 0.15) is 33.0 Å². The van der Waals surface area contributed by atoms with E-state index in [1.807, 2.05) is 25.1 Å². The summed E-state index contributed by atoms with van der Waals surface area (Å²) in [6.07, 6.45) is 0.342. The number of benzene rings is 3. The number of carboxylic acids is 1. The van der Waals surface area contributed by atoms with E-state index in [4.69, 9.17) is 16.3 Å². The highest BCUT2D eigenvalue weighted by molar-refractivity contribution is 6.31. The first-order chi connectivity index (χ1) is 14.8. The van der Waals surface area contributed by atoms with Crippen molar-refractivity contribution in [3.63, 3.8) is 0 Å². The van der Waals surface area contributed by atoms with Gasteiger partial charge in [0, 0.05) is 16.7 Å². The van der Waals surface area contributed by atoms with Crippen molar-refractivity contribution in [2.45, 2.75) is 19.3 Å². The summed E-state index contributed by atoms with van der Waals surface area (Å²) < 4.78 is 5.45. The maximum Gasteiger partial charge on any atom is 0.339 e. The number of carbonyl (C=O) groups is 2. The Morgan fingerprint density at radius 2 is 1.90 bits per heavy atom. The molecule has 0 bridgehead atoms. The van der Waals surface area contributed by atoms with Gasteiger partial charge in [-0.3, -0.25) is 9.69 Å². The van der Waals surface area contributed by atoms with Crippen LogP contribution in [0.4, 0.5) is 11.4 Å². The molecule has 1 aliphatic rings. The average Bonchev–Trinajstić information content (AvgIpc) is 3.01. The number of hydrogen-bond acceptors (Lipinski definition) is 4. The predicted octanol–water partition coefficient (Wildman–Crippen LogP) is 5.07. The summed E-state index contributed by atoms with van der Waals surface area (Å²) in [6, 6.07) is 15.1. The third kappa shape index (κ3) is 3.49. The van der Waals surface area contributed by atoms with Crippen LogP contribution in [0.2, 0.25) is 5.02 Å². The molecule has 0 aromatic heterocycles. The van der Waals surface area contributed by atoms with E-state index in [-0.39, 0.29) is 11.5 Å². The predicted molar refractivity (Wildman–Crippen MR) is 118 cm³/mol. The number of rotatable bonds is 5. The number of aromatic hydroxyl groups is 1. The summed E-state index contributed by atoms with van der Waals surface area (Å²) in [7, 11) is 1.56. The number of carbonyl (C=O) groups excluding carboxylic acids is 1. The van der Waals surface area contributed by atoms with Gasteiger partial charge in [-0.15, -0.1) is 0 Å². The summed E-state index contributed by atoms with van der Waals surface area (Å²) in [4.78, 5) is 26.4. The number of fused-ring (bicyclic) bond motifs is 1. The van der Waals surface area contributed by atoms with Crippen LogP contribution < -0.4 is 9.64 Å². The molecule has 0 spiro atoms. The zero-order valence-electron chi connectivity index (χ0n) is 16.9. The van der Waals surface area contributed by atoms with E-state index in [9.17, 15) is 19.8 Å². The van der Waals surface area contributed by atoms with Crippen molar-refractivity contribution < 1.29 is 24.5 Å². The molecule has 7 heteroatoms. The number of aromatic carboxylic acids is 1. The van der Waals surface area contributed by atoms with E-state index in [1.54, 1.807) is 25.3 Å². The Hall–Kier alpha value is -3.51. The standard InChI is InChI=1S/C24H20ClNO5/c1-13-5-3-7-19-22(13)17(12-16-18(25)6-4-8-21(16)31-2)23(28)26(19)14-9-10-15(24(29)30)20(27)11-14/h3-11,17,27H,12H2,1-2H3,(H,29,30). The summed E-state index contributed by atoms with van der Waals surface area (Å²) in [6.45, 7) is 1.94. The number of halogens is 1. The molecule has 2 N–H and O–H groups in total. The van der Waals surface area contributed by atoms with Crippen molar-refractivity contribution in [2.75, 3.05) is 12.0 Å². The summed E-state index contributed by atoms with van der Waals surface area (Å²) in [5.41, 5.74) is 3.44. The van der Waals surface area contributed by atoms with E-state index in [2.05, 4.69) is 0 Å². The molecular weight excluding hydrogens is 418 g/mol. The van der Waals surface area contributed by atoms with E-state index in [0.29, 0.717) is 28.6 Å². The van der Waals surface area contributed by atoms with Crippen LogP contribution in [-0.2, 0) is 11.2 Å². The molecule has 0 fully saturated rings. The Labute approximate surface area is 184 Å². The largest absolute Gasteiger partial charge is 0.507 e. The molecule has 4 rings (SSSR count). The molecule has 0 saturated heterocycles.